The summed E-state index contributed by atoms with van der Waals surface area (Å²) in [6, 6.07) is 7.64. The van der Waals surface area contributed by atoms with Gasteiger partial charge in [-0.2, -0.15) is 8.78 Å². The van der Waals surface area contributed by atoms with Crippen LogP contribution >= 0.6 is 0 Å². The molecule has 9 nitrogen and oxygen atoms in total. The molecule has 1 fully saturated rings. The van der Waals surface area contributed by atoms with Gasteiger partial charge in [-0.3, -0.25) is 14.3 Å². The lowest BCUT2D eigenvalue weighted by molar-refractivity contribution is -0.0498. The number of amides is 1. The van der Waals surface area contributed by atoms with Crippen LogP contribution in [0.15, 0.2) is 55.1 Å². The quantitative estimate of drug-likeness (QED) is 0.406. The number of halogens is 3. The van der Waals surface area contributed by atoms with Crippen molar-refractivity contribution in [3.05, 3.63) is 66.5 Å². The number of aromatic nitrogens is 4. The molecule has 2 atom stereocenters. The van der Waals surface area contributed by atoms with E-state index in [1.807, 2.05) is 19.0 Å². The summed E-state index contributed by atoms with van der Waals surface area (Å²) in [4.78, 5) is 27.7. The van der Waals surface area contributed by atoms with Crippen LogP contribution in [0.4, 0.5) is 13.2 Å². The highest BCUT2D eigenvalue weighted by Gasteiger charge is 2.31. The normalized spacial score (nSPS) is 17.6. The SMILES string of the molecule is CN(C)C1COC[C@@H]1NC(=O)c1cnc2c(-c3cccc(OC(F)F)c3)cn(-c3ncc(F)cn3)c2c1. The van der Waals surface area contributed by atoms with Gasteiger partial charge < -0.3 is 19.7 Å². The maximum Gasteiger partial charge on any atom is 0.387 e. The van der Waals surface area contributed by atoms with Crippen LogP contribution in [0.1, 0.15) is 10.4 Å². The second kappa shape index (κ2) is 10.1. The first-order valence-electron chi connectivity index (χ1n) is 11.4. The third-order valence-corrected chi connectivity index (χ3v) is 6.13. The number of carbonyl (C=O) groups is 1. The van der Waals surface area contributed by atoms with E-state index in [1.165, 1.54) is 18.3 Å². The van der Waals surface area contributed by atoms with Crippen molar-refractivity contribution < 1.29 is 27.4 Å². The van der Waals surface area contributed by atoms with Crippen molar-refractivity contribution in [2.45, 2.75) is 18.7 Å². The van der Waals surface area contributed by atoms with Crippen molar-refractivity contribution in [3.8, 4) is 22.8 Å². The minimum absolute atomic E-state index is 0.0170. The molecule has 0 radical (unpaired) electrons. The van der Waals surface area contributed by atoms with Crippen LogP contribution in [0.2, 0.25) is 0 Å². The highest BCUT2D eigenvalue weighted by molar-refractivity contribution is 6.00. The molecular weight excluding hydrogens is 489 g/mol. The number of likely N-dealkylation sites (N-methyl/N-ethyl adjacent to an activating group) is 1. The van der Waals surface area contributed by atoms with Gasteiger partial charge in [-0.05, 0) is 37.9 Å². The van der Waals surface area contributed by atoms with Gasteiger partial charge in [-0.1, -0.05) is 12.1 Å². The van der Waals surface area contributed by atoms with E-state index in [-0.39, 0.29) is 29.7 Å². The van der Waals surface area contributed by atoms with Crippen molar-refractivity contribution >= 4 is 16.9 Å². The summed E-state index contributed by atoms with van der Waals surface area (Å²) in [5.74, 6) is -0.811. The molecule has 1 amide bonds. The number of ether oxygens (including phenoxy) is 2. The Morgan fingerprint density at radius 2 is 1.95 bits per heavy atom. The zero-order valence-electron chi connectivity index (χ0n) is 19.9. The van der Waals surface area contributed by atoms with Gasteiger partial charge in [0.1, 0.15) is 5.75 Å². The number of rotatable bonds is 7. The molecule has 5 rings (SSSR count). The molecule has 1 unspecified atom stereocenters. The Kier molecular flexibility index (Phi) is 6.76. The molecule has 1 aromatic carbocycles. The van der Waals surface area contributed by atoms with Crippen LogP contribution in [0.3, 0.4) is 0 Å². The topological polar surface area (TPSA) is 94.4 Å². The molecule has 1 aliphatic rings. The average Bonchev–Trinajstić information content (AvgIpc) is 3.49. The molecular formula is C25H23F3N6O3. The fraction of sp³-hybridized carbons (Fsp3) is 0.280. The van der Waals surface area contributed by atoms with Gasteiger partial charge >= 0.3 is 6.61 Å². The molecule has 4 heterocycles. The minimum Gasteiger partial charge on any atom is -0.435 e. The summed E-state index contributed by atoms with van der Waals surface area (Å²) in [5, 5.41) is 3.00. The van der Waals surface area contributed by atoms with Crippen LogP contribution in [-0.4, -0.2) is 76.3 Å². The Hall–Kier alpha value is -4.03. The lowest BCUT2D eigenvalue weighted by Crippen LogP contribution is -2.48. The molecule has 1 N–H and O–H groups in total. The third-order valence-electron chi connectivity index (χ3n) is 6.13. The molecule has 192 valence electrons. The molecule has 0 bridgehead atoms. The van der Waals surface area contributed by atoms with Crippen molar-refractivity contribution in [2.24, 2.45) is 0 Å². The number of alkyl halides is 2. The highest BCUT2D eigenvalue weighted by atomic mass is 19.3. The van der Waals surface area contributed by atoms with Gasteiger partial charge in [0.25, 0.3) is 5.91 Å². The predicted molar refractivity (Wildman–Crippen MR) is 128 cm³/mol. The van der Waals surface area contributed by atoms with Crippen molar-refractivity contribution in [2.75, 3.05) is 27.3 Å². The number of nitrogens with zero attached hydrogens (tertiary/aromatic N) is 5. The van der Waals surface area contributed by atoms with Gasteiger partial charge in [0, 0.05) is 18.0 Å². The first kappa shape index (κ1) is 24.7. The monoisotopic (exact) mass is 512 g/mol. The fourth-order valence-corrected chi connectivity index (χ4v) is 4.32. The summed E-state index contributed by atoms with van der Waals surface area (Å²) >= 11 is 0. The van der Waals surface area contributed by atoms with Crippen LogP contribution in [0.25, 0.3) is 28.1 Å². The Labute approximate surface area is 209 Å². The van der Waals surface area contributed by atoms with Crippen LogP contribution in [0, 0.1) is 5.82 Å². The zero-order chi connectivity index (χ0) is 26.1. The number of carbonyl (C=O) groups excluding carboxylic acids is 1. The van der Waals surface area contributed by atoms with Gasteiger partial charge in [0.2, 0.25) is 5.95 Å². The molecule has 3 aromatic heterocycles. The first-order valence-corrected chi connectivity index (χ1v) is 11.4. The third kappa shape index (κ3) is 5.11. The lowest BCUT2D eigenvalue weighted by Gasteiger charge is -2.24. The number of hydrogen-bond acceptors (Lipinski definition) is 7. The number of pyridine rings is 1. The second-order valence-corrected chi connectivity index (χ2v) is 8.76. The highest BCUT2D eigenvalue weighted by Crippen LogP contribution is 2.33. The van der Waals surface area contributed by atoms with E-state index in [2.05, 4.69) is 25.0 Å². The van der Waals surface area contributed by atoms with Gasteiger partial charge in [0.05, 0.1) is 54.3 Å². The van der Waals surface area contributed by atoms with Crippen LogP contribution in [0.5, 0.6) is 5.75 Å². The number of fused-ring (bicyclic) bond motifs is 1. The molecule has 0 saturated carbocycles. The summed E-state index contributed by atoms with van der Waals surface area (Å²) < 4.78 is 50.7. The largest absolute Gasteiger partial charge is 0.435 e. The number of hydrogen-bond donors (Lipinski definition) is 1. The summed E-state index contributed by atoms with van der Waals surface area (Å²) in [7, 11) is 3.84. The molecule has 0 aliphatic carbocycles. The van der Waals surface area contributed by atoms with E-state index in [0.717, 1.165) is 12.4 Å². The Morgan fingerprint density at radius 1 is 1.16 bits per heavy atom. The van der Waals surface area contributed by atoms with Crippen LogP contribution in [-0.2, 0) is 4.74 Å². The van der Waals surface area contributed by atoms with Gasteiger partial charge in [0.15, 0.2) is 5.82 Å². The van der Waals surface area contributed by atoms with Crippen molar-refractivity contribution in [1.82, 2.24) is 29.7 Å². The summed E-state index contributed by atoms with van der Waals surface area (Å²) in [5.41, 5.74) is 2.34. The lowest BCUT2D eigenvalue weighted by atomic mass is 10.1. The van der Waals surface area contributed by atoms with E-state index in [9.17, 15) is 18.0 Å². The predicted octanol–water partition coefficient (Wildman–Crippen LogP) is 3.28. The molecule has 1 aliphatic heterocycles. The smallest absolute Gasteiger partial charge is 0.387 e. The zero-order valence-corrected chi connectivity index (χ0v) is 19.9. The van der Waals surface area contributed by atoms with E-state index >= 15 is 0 Å². The number of nitrogens with one attached hydrogen (secondary N) is 1. The van der Waals surface area contributed by atoms with Crippen LogP contribution < -0.4 is 10.1 Å². The Balaban J connectivity index is 1.57. The standard InChI is InChI=1S/C25H23F3N6O3/c1-33(2)21-13-36-12-19(21)32-23(35)15-7-20-22(29-8-15)18(11-34(20)25-30-9-16(26)10-31-25)14-4-3-5-17(6-14)37-24(27)28/h3-11,19,21,24H,12-13H2,1-2H3,(H,32,35)/t19-,21?/m0/s1. The van der Waals surface area contributed by atoms with E-state index in [1.54, 1.807) is 29.0 Å². The van der Waals surface area contributed by atoms with E-state index in [0.29, 0.717) is 40.9 Å². The Morgan fingerprint density at radius 3 is 2.68 bits per heavy atom. The van der Waals surface area contributed by atoms with Crippen molar-refractivity contribution in [3.63, 3.8) is 0 Å². The molecule has 4 aromatic rings. The number of benzene rings is 1. The van der Waals surface area contributed by atoms with E-state index in [4.69, 9.17) is 4.74 Å². The molecule has 12 heteroatoms. The molecule has 37 heavy (non-hydrogen) atoms. The second-order valence-electron chi connectivity index (χ2n) is 8.76. The fourth-order valence-electron chi connectivity index (χ4n) is 4.32. The van der Waals surface area contributed by atoms with Gasteiger partial charge in [-0.15, -0.1) is 0 Å². The summed E-state index contributed by atoms with van der Waals surface area (Å²) in [6.07, 6.45) is 5.14. The summed E-state index contributed by atoms with van der Waals surface area (Å²) in [6.45, 7) is -2.07. The minimum atomic E-state index is -2.97. The van der Waals surface area contributed by atoms with Crippen molar-refractivity contribution in [1.29, 1.82) is 0 Å². The van der Waals surface area contributed by atoms with Gasteiger partial charge in [-0.25, -0.2) is 14.4 Å². The maximum absolute atomic E-state index is 13.5. The maximum atomic E-state index is 13.5. The first-order chi connectivity index (χ1) is 17.8. The molecule has 0 spiro atoms. The molecule has 1 saturated heterocycles. The average molecular weight is 512 g/mol. The van der Waals surface area contributed by atoms with E-state index < -0.39 is 12.4 Å². The Bertz CT molecular complexity index is 1430.